The summed E-state index contributed by atoms with van der Waals surface area (Å²) in [6.45, 7) is 3.91. The highest BCUT2D eigenvalue weighted by atomic mass is 16.2. The molecule has 1 saturated carbocycles. The molecule has 32 heavy (non-hydrogen) atoms. The smallest absolute Gasteiger partial charge is 0.234 e. The van der Waals surface area contributed by atoms with E-state index in [4.69, 9.17) is 4.98 Å². The lowest BCUT2D eigenvalue weighted by atomic mass is 9.78. The van der Waals surface area contributed by atoms with Crippen LogP contribution in [0.1, 0.15) is 37.6 Å². The van der Waals surface area contributed by atoms with Gasteiger partial charge in [-0.2, -0.15) is 0 Å². The summed E-state index contributed by atoms with van der Waals surface area (Å²) < 4.78 is 1.93. The number of fused-ring (bicyclic) bond motifs is 2. The van der Waals surface area contributed by atoms with Gasteiger partial charge in [-0.3, -0.25) is 4.79 Å². The summed E-state index contributed by atoms with van der Waals surface area (Å²) >= 11 is 0. The molecule has 4 aromatic rings. The molecule has 0 saturated heterocycles. The van der Waals surface area contributed by atoms with E-state index in [1.165, 1.54) is 12.8 Å². The number of anilines is 1. The Kier molecular flexibility index (Phi) is 3.96. The summed E-state index contributed by atoms with van der Waals surface area (Å²) in [6, 6.07) is 6.07. The highest BCUT2D eigenvalue weighted by Crippen LogP contribution is 2.48. The van der Waals surface area contributed by atoms with Crippen molar-refractivity contribution in [2.24, 2.45) is 13.0 Å². The van der Waals surface area contributed by atoms with Crippen molar-refractivity contribution in [3.8, 4) is 22.6 Å². The Hall–Kier alpha value is -3.68. The number of carbonyl (C=O) groups is 1. The number of nitrogens with one attached hydrogen (secondary N) is 1. The number of hydrogen-bond acceptors (Lipinski definition) is 6. The van der Waals surface area contributed by atoms with E-state index in [1.54, 1.807) is 18.7 Å². The Bertz CT molecular complexity index is 1390. The minimum Gasteiger partial charge on any atom is -0.325 e. The fraction of sp³-hybridized carbons (Fsp3) is 0.333. The molecular formula is C24H23N7O. The topological polar surface area (TPSA) is 98.5 Å². The lowest BCUT2D eigenvalue weighted by Gasteiger charge is -2.22. The zero-order valence-electron chi connectivity index (χ0n) is 18.3. The van der Waals surface area contributed by atoms with Crippen LogP contribution in [0.4, 0.5) is 5.69 Å². The fourth-order valence-corrected chi connectivity index (χ4v) is 4.72. The number of hydrogen-bond donors (Lipinski definition) is 1. The van der Waals surface area contributed by atoms with Crippen molar-refractivity contribution in [1.29, 1.82) is 0 Å². The van der Waals surface area contributed by atoms with Crippen molar-refractivity contribution >= 4 is 22.8 Å². The monoisotopic (exact) mass is 425 g/mol. The molecule has 8 heteroatoms. The number of nitrogens with zero attached hydrogens (tertiary/aromatic N) is 6. The molecular weight excluding hydrogens is 402 g/mol. The van der Waals surface area contributed by atoms with Crippen LogP contribution in [-0.4, -0.2) is 35.4 Å². The zero-order chi connectivity index (χ0) is 22.0. The van der Waals surface area contributed by atoms with Gasteiger partial charge in [0.15, 0.2) is 5.65 Å². The molecule has 1 N–H and O–H groups in total. The second-order valence-electron chi connectivity index (χ2n) is 9.10. The summed E-state index contributed by atoms with van der Waals surface area (Å²) in [5.74, 6) is 2.17. The van der Waals surface area contributed by atoms with Gasteiger partial charge in [0, 0.05) is 30.7 Å². The van der Waals surface area contributed by atoms with Crippen LogP contribution in [0.25, 0.3) is 33.8 Å². The lowest BCUT2D eigenvalue weighted by Crippen LogP contribution is -2.31. The summed E-state index contributed by atoms with van der Waals surface area (Å²) in [6.07, 6.45) is 8.41. The molecule has 1 aliphatic heterocycles. The van der Waals surface area contributed by atoms with E-state index in [-0.39, 0.29) is 5.91 Å². The Morgan fingerprint density at radius 1 is 1.12 bits per heavy atom. The maximum atomic E-state index is 12.8. The van der Waals surface area contributed by atoms with Crippen LogP contribution in [0.3, 0.4) is 0 Å². The number of amides is 1. The van der Waals surface area contributed by atoms with Gasteiger partial charge < -0.3 is 9.88 Å². The highest BCUT2D eigenvalue weighted by molar-refractivity contribution is 6.06. The van der Waals surface area contributed by atoms with E-state index in [1.807, 2.05) is 30.7 Å². The first-order chi connectivity index (χ1) is 15.4. The molecule has 1 unspecified atom stereocenters. The van der Waals surface area contributed by atoms with E-state index in [0.717, 1.165) is 46.0 Å². The summed E-state index contributed by atoms with van der Waals surface area (Å²) in [7, 11) is 1.93. The first-order valence-corrected chi connectivity index (χ1v) is 10.9. The normalized spacial score (nSPS) is 19.9. The van der Waals surface area contributed by atoms with Gasteiger partial charge in [-0.05, 0) is 43.9 Å². The molecule has 1 amide bonds. The third kappa shape index (κ3) is 2.82. The first-order valence-electron chi connectivity index (χ1n) is 10.9. The average molecular weight is 425 g/mol. The molecule has 3 aromatic heterocycles. The third-order valence-corrected chi connectivity index (χ3v) is 6.73. The molecule has 1 aromatic carbocycles. The van der Waals surface area contributed by atoms with Gasteiger partial charge in [0.1, 0.15) is 29.2 Å². The Morgan fingerprint density at radius 3 is 2.66 bits per heavy atom. The molecule has 0 bridgehead atoms. The highest BCUT2D eigenvalue weighted by Gasteiger charge is 2.46. The van der Waals surface area contributed by atoms with Gasteiger partial charge in [-0.1, -0.05) is 18.9 Å². The SMILES string of the molecule is Cc1ncc(-c2nc3c(-c4ccc5c(c4)C(C)(CC4CC4)C(=O)N5)ncnc3n2C)cn1. The largest absolute Gasteiger partial charge is 0.325 e. The maximum Gasteiger partial charge on any atom is 0.234 e. The molecule has 2 aliphatic rings. The van der Waals surface area contributed by atoms with Gasteiger partial charge in [-0.25, -0.2) is 24.9 Å². The van der Waals surface area contributed by atoms with Gasteiger partial charge in [0.25, 0.3) is 0 Å². The van der Waals surface area contributed by atoms with Crippen LogP contribution < -0.4 is 5.32 Å². The van der Waals surface area contributed by atoms with E-state index < -0.39 is 5.41 Å². The average Bonchev–Trinajstić information content (AvgIpc) is 3.49. The predicted molar refractivity (Wildman–Crippen MR) is 121 cm³/mol. The summed E-state index contributed by atoms with van der Waals surface area (Å²) in [5, 5.41) is 3.07. The van der Waals surface area contributed by atoms with E-state index in [0.29, 0.717) is 17.3 Å². The quantitative estimate of drug-likeness (QED) is 0.534. The van der Waals surface area contributed by atoms with Gasteiger partial charge in [0.05, 0.1) is 11.0 Å². The lowest BCUT2D eigenvalue weighted by molar-refractivity contribution is -0.120. The Morgan fingerprint density at radius 2 is 1.91 bits per heavy atom. The van der Waals surface area contributed by atoms with Gasteiger partial charge >= 0.3 is 0 Å². The number of aryl methyl sites for hydroxylation is 2. The summed E-state index contributed by atoms with van der Waals surface area (Å²) in [4.78, 5) is 35.4. The molecule has 1 atom stereocenters. The van der Waals surface area contributed by atoms with Crippen LogP contribution in [0.5, 0.6) is 0 Å². The number of rotatable bonds is 4. The van der Waals surface area contributed by atoms with Crippen LogP contribution in [0.2, 0.25) is 0 Å². The third-order valence-electron chi connectivity index (χ3n) is 6.73. The predicted octanol–water partition coefficient (Wildman–Crippen LogP) is 3.81. The van der Waals surface area contributed by atoms with Crippen LogP contribution in [0, 0.1) is 12.8 Å². The minimum absolute atomic E-state index is 0.0869. The number of aromatic nitrogens is 6. The number of imidazole rings is 1. The van der Waals surface area contributed by atoms with Gasteiger partial charge in [0.2, 0.25) is 5.91 Å². The number of benzene rings is 1. The van der Waals surface area contributed by atoms with Crippen LogP contribution >= 0.6 is 0 Å². The Balaban J connectivity index is 1.49. The standard InChI is InChI=1S/C24H23N7O/c1-13-25-10-16(11-26-13)21-30-20-19(27-12-28-22(20)31(21)3)15-6-7-18-17(8-15)24(2,23(32)29-18)9-14-4-5-14/h6-8,10-12,14H,4-5,9H2,1-3H3,(H,29,32). The minimum atomic E-state index is -0.507. The van der Waals surface area contributed by atoms with Crippen LogP contribution in [-0.2, 0) is 17.3 Å². The molecule has 0 spiro atoms. The van der Waals surface area contributed by atoms with E-state index in [9.17, 15) is 4.79 Å². The van der Waals surface area contributed by atoms with Crippen molar-refractivity contribution in [2.45, 2.75) is 38.5 Å². The van der Waals surface area contributed by atoms with Crippen molar-refractivity contribution in [3.05, 3.63) is 48.3 Å². The maximum absolute atomic E-state index is 12.8. The Labute approximate surface area is 185 Å². The molecule has 1 fully saturated rings. The van der Waals surface area contributed by atoms with Gasteiger partial charge in [-0.15, -0.1) is 0 Å². The van der Waals surface area contributed by atoms with E-state index >= 15 is 0 Å². The zero-order valence-corrected chi connectivity index (χ0v) is 18.3. The molecule has 160 valence electrons. The second-order valence-corrected chi connectivity index (χ2v) is 9.10. The fourth-order valence-electron chi connectivity index (χ4n) is 4.72. The van der Waals surface area contributed by atoms with Crippen molar-refractivity contribution in [3.63, 3.8) is 0 Å². The second kappa shape index (κ2) is 6.66. The molecule has 4 heterocycles. The van der Waals surface area contributed by atoms with Crippen molar-refractivity contribution < 1.29 is 4.79 Å². The summed E-state index contributed by atoms with van der Waals surface area (Å²) in [5.41, 5.74) is 5.39. The molecule has 8 nitrogen and oxygen atoms in total. The van der Waals surface area contributed by atoms with E-state index in [2.05, 4.69) is 38.2 Å². The number of carbonyl (C=O) groups excluding carboxylic acids is 1. The van der Waals surface area contributed by atoms with Crippen molar-refractivity contribution in [1.82, 2.24) is 29.5 Å². The molecule has 6 rings (SSSR count). The molecule has 1 aliphatic carbocycles. The first kappa shape index (κ1) is 19.0. The van der Waals surface area contributed by atoms with Crippen LogP contribution in [0.15, 0.2) is 36.9 Å². The van der Waals surface area contributed by atoms with Crippen molar-refractivity contribution in [2.75, 3.05) is 5.32 Å². The molecule has 0 radical (unpaired) electrons.